The van der Waals surface area contributed by atoms with Gasteiger partial charge in [0.15, 0.2) is 5.65 Å². The van der Waals surface area contributed by atoms with Gasteiger partial charge in [-0.2, -0.15) is 4.37 Å². The van der Waals surface area contributed by atoms with E-state index < -0.39 is 11.4 Å². The summed E-state index contributed by atoms with van der Waals surface area (Å²) in [5.74, 6) is 0.111. The van der Waals surface area contributed by atoms with Crippen LogP contribution in [0.2, 0.25) is 0 Å². The van der Waals surface area contributed by atoms with Gasteiger partial charge in [0.05, 0.1) is 5.39 Å². The van der Waals surface area contributed by atoms with Crippen LogP contribution in [0.4, 0.5) is 5.82 Å². The minimum atomic E-state index is -1.27. The summed E-state index contributed by atoms with van der Waals surface area (Å²) in [6.07, 6.45) is 3.78. The zero-order valence-electron chi connectivity index (χ0n) is 14.3. The molecule has 3 aromatic rings. The van der Waals surface area contributed by atoms with Crippen LogP contribution >= 0.6 is 11.5 Å². The monoisotopic (exact) mass is 371 g/mol. The Morgan fingerprint density at radius 1 is 1.42 bits per heavy atom. The lowest BCUT2D eigenvalue weighted by molar-refractivity contribution is 0.0695. The van der Waals surface area contributed by atoms with Crippen molar-refractivity contribution in [3.63, 3.8) is 0 Å². The highest BCUT2D eigenvalue weighted by molar-refractivity contribution is 7.08. The van der Waals surface area contributed by atoms with Gasteiger partial charge in [-0.15, -0.1) is 0 Å². The van der Waals surface area contributed by atoms with Crippen LogP contribution in [-0.2, 0) is 0 Å². The van der Waals surface area contributed by atoms with Crippen LogP contribution in [0.1, 0.15) is 29.3 Å². The summed E-state index contributed by atoms with van der Waals surface area (Å²) in [7, 11) is 0. The summed E-state index contributed by atoms with van der Waals surface area (Å²) in [4.78, 5) is 35.3. The molecule has 0 aromatic carbocycles. The number of rotatable bonds is 3. The van der Waals surface area contributed by atoms with E-state index in [2.05, 4.69) is 21.2 Å². The third-order valence-corrected chi connectivity index (χ3v) is 5.34. The number of carboxylic acid groups (broad SMARTS) is 1. The Hall–Kier alpha value is -2.81. The van der Waals surface area contributed by atoms with Gasteiger partial charge in [-0.1, -0.05) is 6.92 Å². The van der Waals surface area contributed by atoms with Crippen molar-refractivity contribution in [1.29, 1.82) is 0 Å². The van der Waals surface area contributed by atoms with Gasteiger partial charge in [-0.25, -0.2) is 14.8 Å². The Morgan fingerprint density at radius 3 is 2.85 bits per heavy atom. The Labute approximate surface area is 152 Å². The van der Waals surface area contributed by atoms with Crippen LogP contribution in [0.5, 0.6) is 0 Å². The molecule has 26 heavy (non-hydrogen) atoms. The molecule has 9 heteroatoms. The number of hydrogen-bond acceptors (Lipinski definition) is 7. The maximum atomic E-state index is 12.7. The van der Waals surface area contributed by atoms with E-state index in [1.54, 1.807) is 4.57 Å². The molecular weight excluding hydrogens is 354 g/mol. The van der Waals surface area contributed by atoms with Crippen molar-refractivity contribution in [3.8, 4) is 5.13 Å². The molecule has 4 rings (SSSR count). The predicted octanol–water partition coefficient (Wildman–Crippen LogP) is 2.09. The average molecular weight is 371 g/mol. The summed E-state index contributed by atoms with van der Waals surface area (Å²) in [5.41, 5.74) is 0.280. The number of aromatic nitrogens is 4. The van der Waals surface area contributed by atoms with Crippen molar-refractivity contribution >= 4 is 34.4 Å². The number of hydrogen-bond donors (Lipinski definition) is 1. The normalized spacial score (nSPS) is 17.2. The van der Waals surface area contributed by atoms with E-state index in [1.165, 1.54) is 12.5 Å². The molecule has 1 aliphatic heterocycles. The van der Waals surface area contributed by atoms with Crippen LogP contribution in [0, 0.1) is 12.8 Å². The summed E-state index contributed by atoms with van der Waals surface area (Å²) in [6, 6.07) is 1.86. The van der Waals surface area contributed by atoms with Gasteiger partial charge < -0.3 is 10.0 Å². The Morgan fingerprint density at radius 2 is 2.23 bits per heavy atom. The summed E-state index contributed by atoms with van der Waals surface area (Å²) in [6.45, 7) is 5.83. The van der Waals surface area contributed by atoms with Gasteiger partial charge in [0.2, 0.25) is 10.6 Å². The number of nitrogens with zero attached hydrogens (tertiary/aromatic N) is 5. The molecular formula is C17H17N5O3S. The summed E-state index contributed by atoms with van der Waals surface area (Å²) < 4.78 is 5.53. The number of carboxylic acids is 1. The number of pyridine rings is 2. The lowest BCUT2D eigenvalue weighted by atomic mass is 10.1. The summed E-state index contributed by atoms with van der Waals surface area (Å²) in [5, 5.41) is 10.2. The molecule has 0 radical (unpaired) electrons. The van der Waals surface area contributed by atoms with Gasteiger partial charge in [0, 0.05) is 30.8 Å². The van der Waals surface area contributed by atoms with Gasteiger partial charge in [0.1, 0.15) is 17.7 Å². The minimum Gasteiger partial charge on any atom is -0.477 e. The Kier molecular flexibility index (Phi) is 3.95. The number of aryl methyl sites for hydroxylation is 1. The molecule has 0 amide bonds. The van der Waals surface area contributed by atoms with E-state index in [-0.39, 0.29) is 5.56 Å². The van der Waals surface area contributed by atoms with Gasteiger partial charge >= 0.3 is 5.97 Å². The molecule has 1 N–H and O–H groups in total. The van der Waals surface area contributed by atoms with Crippen molar-refractivity contribution in [2.24, 2.45) is 5.92 Å². The average Bonchev–Trinajstić information content (AvgIpc) is 3.26. The zero-order valence-corrected chi connectivity index (χ0v) is 15.2. The molecule has 4 heterocycles. The van der Waals surface area contributed by atoms with E-state index in [0.29, 0.717) is 27.6 Å². The maximum absolute atomic E-state index is 12.7. The zero-order chi connectivity index (χ0) is 18.4. The van der Waals surface area contributed by atoms with E-state index in [1.807, 2.05) is 13.0 Å². The van der Waals surface area contributed by atoms with Crippen molar-refractivity contribution in [3.05, 3.63) is 39.9 Å². The number of aromatic carboxylic acids is 1. The van der Waals surface area contributed by atoms with Crippen LogP contribution in [0.15, 0.2) is 23.4 Å². The molecule has 1 fully saturated rings. The second-order valence-corrected chi connectivity index (χ2v) is 7.37. The molecule has 8 nitrogen and oxygen atoms in total. The fourth-order valence-electron chi connectivity index (χ4n) is 3.35. The van der Waals surface area contributed by atoms with Gasteiger partial charge in [-0.05, 0) is 30.9 Å². The third-order valence-electron chi connectivity index (χ3n) is 4.68. The Bertz CT molecular complexity index is 1060. The summed E-state index contributed by atoms with van der Waals surface area (Å²) >= 11 is 1.11. The van der Waals surface area contributed by atoms with E-state index in [4.69, 9.17) is 4.98 Å². The van der Waals surface area contributed by atoms with Crippen LogP contribution < -0.4 is 10.3 Å². The molecule has 1 saturated heterocycles. The largest absolute Gasteiger partial charge is 0.477 e. The first-order valence-electron chi connectivity index (χ1n) is 8.28. The standard InChI is InChI=1S/C17H17N5O3S/c1-9-3-4-21(6-9)12-5-10(2)13-14(23)11(16(24)25)7-22(15(13)20-12)17-18-8-19-26-17/h5,7-9H,3-4,6H2,1-2H3,(H,24,25). The topological polar surface area (TPSA) is 101 Å². The third kappa shape index (κ3) is 2.64. The first-order valence-corrected chi connectivity index (χ1v) is 9.05. The lowest BCUT2D eigenvalue weighted by Crippen LogP contribution is -2.23. The number of carbonyl (C=O) groups is 1. The quantitative estimate of drug-likeness (QED) is 0.752. The highest BCUT2D eigenvalue weighted by Gasteiger charge is 2.24. The van der Waals surface area contributed by atoms with Gasteiger partial charge in [-0.3, -0.25) is 9.36 Å². The molecule has 0 aliphatic carbocycles. The SMILES string of the molecule is Cc1cc(N2CCC(C)C2)nc2c1c(=O)c(C(=O)O)cn2-c1ncns1. The second-order valence-electron chi connectivity index (χ2n) is 6.61. The smallest absolute Gasteiger partial charge is 0.341 e. The van der Waals surface area contributed by atoms with E-state index in [0.717, 1.165) is 36.9 Å². The fourth-order valence-corrected chi connectivity index (χ4v) is 3.86. The highest BCUT2D eigenvalue weighted by atomic mass is 32.1. The second kappa shape index (κ2) is 6.17. The molecule has 0 bridgehead atoms. The lowest BCUT2D eigenvalue weighted by Gasteiger charge is -2.19. The molecule has 1 unspecified atom stereocenters. The van der Waals surface area contributed by atoms with E-state index in [9.17, 15) is 14.7 Å². The van der Waals surface area contributed by atoms with Gasteiger partial charge in [0.25, 0.3) is 0 Å². The molecule has 1 atom stereocenters. The molecule has 0 saturated carbocycles. The van der Waals surface area contributed by atoms with Crippen molar-refractivity contribution in [1.82, 2.24) is 18.9 Å². The predicted molar refractivity (Wildman–Crippen MR) is 98.5 cm³/mol. The molecule has 1 aliphatic rings. The van der Waals surface area contributed by atoms with Crippen molar-refractivity contribution in [2.45, 2.75) is 20.3 Å². The highest BCUT2D eigenvalue weighted by Crippen LogP contribution is 2.27. The first kappa shape index (κ1) is 16.6. The Balaban J connectivity index is 2.03. The number of fused-ring (bicyclic) bond motifs is 1. The van der Waals surface area contributed by atoms with Crippen LogP contribution in [-0.4, -0.2) is 43.1 Å². The van der Waals surface area contributed by atoms with Crippen molar-refractivity contribution in [2.75, 3.05) is 18.0 Å². The van der Waals surface area contributed by atoms with E-state index >= 15 is 0 Å². The maximum Gasteiger partial charge on any atom is 0.341 e. The van der Waals surface area contributed by atoms with Crippen LogP contribution in [0.25, 0.3) is 16.2 Å². The number of anilines is 1. The minimum absolute atomic E-state index is 0.302. The molecule has 0 spiro atoms. The first-order chi connectivity index (χ1) is 12.5. The fraction of sp³-hybridized carbons (Fsp3) is 0.353. The van der Waals surface area contributed by atoms with Crippen molar-refractivity contribution < 1.29 is 9.90 Å². The van der Waals surface area contributed by atoms with Crippen LogP contribution in [0.3, 0.4) is 0 Å². The molecule has 3 aromatic heterocycles. The molecule has 134 valence electrons.